The van der Waals surface area contributed by atoms with E-state index in [2.05, 4.69) is 48.5 Å². The van der Waals surface area contributed by atoms with Gasteiger partial charge in [0, 0.05) is 23.1 Å². The summed E-state index contributed by atoms with van der Waals surface area (Å²) in [6, 6.07) is 6.15. The number of halogens is 1. The highest BCUT2D eigenvalue weighted by Crippen LogP contribution is 2.34. The van der Waals surface area contributed by atoms with Crippen LogP contribution in [-0.2, 0) is 4.79 Å². The van der Waals surface area contributed by atoms with Gasteiger partial charge in [-0.1, -0.05) is 29.8 Å². The summed E-state index contributed by atoms with van der Waals surface area (Å²) < 4.78 is 1.06. The highest BCUT2D eigenvalue weighted by molar-refractivity contribution is 9.10. The molecule has 2 rings (SSSR count). The van der Waals surface area contributed by atoms with Crippen LogP contribution in [0.4, 0.5) is 5.69 Å². The Kier molecular flexibility index (Phi) is 4.38. The minimum Gasteiger partial charge on any atom is -0.312 e. The van der Waals surface area contributed by atoms with Gasteiger partial charge in [-0.25, -0.2) is 0 Å². The molecule has 2 nitrogen and oxygen atoms in total. The summed E-state index contributed by atoms with van der Waals surface area (Å²) in [5.74, 6) is 1.78. The Morgan fingerprint density at radius 3 is 2.78 bits per heavy atom. The van der Waals surface area contributed by atoms with Crippen molar-refractivity contribution in [1.82, 2.24) is 0 Å². The number of carbonyl (C=O) groups is 1. The fourth-order valence-corrected chi connectivity index (χ4v) is 2.99. The maximum Gasteiger partial charge on any atom is 0.227 e. The predicted molar refractivity (Wildman–Crippen MR) is 82.5 cm³/mol. The molecule has 4 heteroatoms. The Morgan fingerprint density at radius 1 is 1.50 bits per heavy atom. The molecule has 0 bridgehead atoms. The molecule has 1 amide bonds. The molecule has 1 aromatic rings. The van der Waals surface area contributed by atoms with Gasteiger partial charge >= 0.3 is 0 Å². The van der Waals surface area contributed by atoms with Crippen LogP contribution in [0.2, 0.25) is 0 Å². The molecular weight excluding hydrogens is 310 g/mol. The summed E-state index contributed by atoms with van der Waals surface area (Å²) in [5.41, 5.74) is 2.28. The number of nitrogens with zero attached hydrogens (tertiary/aromatic N) is 1. The number of carbonyl (C=O) groups excluding carboxylic acids is 1. The predicted octanol–water partition coefficient (Wildman–Crippen LogP) is 3.86. The highest BCUT2D eigenvalue weighted by atomic mass is 79.9. The summed E-state index contributed by atoms with van der Waals surface area (Å²) in [5, 5.41) is 0. The molecule has 0 spiro atoms. The summed E-state index contributed by atoms with van der Waals surface area (Å²) in [6.45, 7) is 5.10. The number of thiol groups is 1. The van der Waals surface area contributed by atoms with Gasteiger partial charge in [-0.15, -0.1) is 0 Å². The van der Waals surface area contributed by atoms with Crippen LogP contribution in [0, 0.1) is 5.92 Å². The fraction of sp³-hybridized carbons (Fsp3) is 0.500. The van der Waals surface area contributed by atoms with Gasteiger partial charge in [0.1, 0.15) is 0 Å². The lowest BCUT2D eigenvalue weighted by Crippen LogP contribution is -2.26. The molecule has 18 heavy (non-hydrogen) atoms. The normalized spacial score (nSPS) is 19.9. The first-order chi connectivity index (χ1) is 8.52. The third-order valence-electron chi connectivity index (χ3n) is 3.37. The second-order valence-electron chi connectivity index (χ2n) is 5.11. The van der Waals surface area contributed by atoms with Crippen molar-refractivity contribution in [3.63, 3.8) is 0 Å². The van der Waals surface area contributed by atoms with Gasteiger partial charge < -0.3 is 4.90 Å². The van der Waals surface area contributed by atoms with Crippen LogP contribution in [0.25, 0.3) is 0 Å². The van der Waals surface area contributed by atoms with E-state index in [1.807, 2.05) is 17.0 Å². The van der Waals surface area contributed by atoms with E-state index in [4.69, 9.17) is 0 Å². The van der Waals surface area contributed by atoms with Crippen LogP contribution in [0.1, 0.15) is 31.7 Å². The molecule has 0 N–H and O–H groups in total. The van der Waals surface area contributed by atoms with Crippen molar-refractivity contribution >= 4 is 40.2 Å². The lowest BCUT2D eigenvalue weighted by Gasteiger charge is -2.22. The molecule has 1 saturated heterocycles. The van der Waals surface area contributed by atoms with Crippen molar-refractivity contribution in [2.24, 2.45) is 5.92 Å². The van der Waals surface area contributed by atoms with E-state index in [0.29, 0.717) is 18.3 Å². The SMILES string of the molecule is CC(C)c1cc(Br)ccc1N1CC(CS)CC1=O. The third-order valence-corrected chi connectivity index (χ3v) is 4.38. The Hall–Kier alpha value is -0.480. The minimum absolute atomic E-state index is 0.221. The van der Waals surface area contributed by atoms with Crippen LogP contribution >= 0.6 is 28.6 Å². The van der Waals surface area contributed by atoms with Gasteiger partial charge in [0.25, 0.3) is 0 Å². The van der Waals surface area contributed by atoms with Gasteiger partial charge in [0.15, 0.2) is 0 Å². The molecule has 1 aliphatic heterocycles. The zero-order chi connectivity index (χ0) is 13.3. The molecule has 1 unspecified atom stereocenters. The molecular formula is C14H18BrNOS. The maximum atomic E-state index is 12.1. The number of hydrogen-bond acceptors (Lipinski definition) is 2. The largest absolute Gasteiger partial charge is 0.312 e. The number of benzene rings is 1. The molecule has 0 radical (unpaired) electrons. The third kappa shape index (κ3) is 2.75. The van der Waals surface area contributed by atoms with Crippen LogP contribution in [0.5, 0.6) is 0 Å². The number of rotatable bonds is 3. The van der Waals surface area contributed by atoms with Crippen molar-refractivity contribution in [3.8, 4) is 0 Å². The summed E-state index contributed by atoms with van der Waals surface area (Å²) in [6.07, 6.45) is 0.622. The number of amides is 1. The van der Waals surface area contributed by atoms with E-state index in [-0.39, 0.29) is 5.91 Å². The van der Waals surface area contributed by atoms with Gasteiger partial charge in [-0.05, 0) is 41.4 Å². The molecule has 98 valence electrons. The van der Waals surface area contributed by atoms with E-state index in [9.17, 15) is 4.79 Å². The van der Waals surface area contributed by atoms with E-state index >= 15 is 0 Å². The first-order valence-corrected chi connectivity index (χ1v) is 7.66. The van der Waals surface area contributed by atoms with E-state index in [1.165, 1.54) is 5.56 Å². The van der Waals surface area contributed by atoms with Crippen molar-refractivity contribution in [2.45, 2.75) is 26.2 Å². The van der Waals surface area contributed by atoms with Crippen molar-refractivity contribution in [2.75, 3.05) is 17.2 Å². The second-order valence-corrected chi connectivity index (χ2v) is 6.40. The molecule has 1 aromatic carbocycles. The fourth-order valence-electron chi connectivity index (χ4n) is 2.37. The van der Waals surface area contributed by atoms with Gasteiger partial charge in [-0.3, -0.25) is 4.79 Å². The summed E-state index contributed by atoms with van der Waals surface area (Å²) in [7, 11) is 0. The average molecular weight is 328 g/mol. The Labute approximate surface area is 122 Å². The quantitative estimate of drug-likeness (QED) is 0.836. The lowest BCUT2D eigenvalue weighted by atomic mass is 10.0. The molecule has 0 aromatic heterocycles. The molecule has 0 aliphatic carbocycles. The Balaban J connectivity index is 2.36. The van der Waals surface area contributed by atoms with Crippen LogP contribution in [0.15, 0.2) is 22.7 Å². The molecule has 1 atom stereocenters. The molecule has 1 fully saturated rings. The monoisotopic (exact) mass is 327 g/mol. The minimum atomic E-state index is 0.221. The van der Waals surface area contributed by atoms with Crippen molar-refractivity contribution < 1.29 is 4.79 Å². The van der Waals surface area contributed by atoms with Crippen molar-refractivity contribution in [1.29, 1.82) is 0 Å². The van der Waals surface area contributed by atoms with Gasteiger partial charge in [0.2, 0.25) is 5.91 Å². The topological polar surface area (TPSA) is 20.3 Å². The summed E-state index contributed by atoms with van der Waals surface area (Å²) in [4.78, 5) is 14.0. The van der Waals surface area contributed by atoms with Crippen LogP contribution < -0.4 is 4.90 Å². The molecule has 1 heterocycles. The highest BCUT2D eigenvalue weighted by Gasteiger charge is 2.31. The van der Waals surface area contributed by atoms with Gasteiger partial charge in [0.05, 0.1) is 0 Å². The van der Waals surface area contributed by atoms with Crippen LogP contribution in [-0.4, -0.2) is 18.2 Å². The number of anilines is 1. The first kappa shape index (κ1) is 13.9. The smallest absolute Gasteiger partial charge is 0.227 e. The van der Waals surface area contributed by atoms with E-state index in [0.717, 1.165) is 22.5 Å². The number of hydrogen-bond donors (Lipinski definition) is 1. The molecule has 0 saturated carbocycles. The maximum absolute atomic E-state index is 12.1. The van der Waals surface area contributed by atoms with E-state index < -0.39 is 0 Å². The zero-order valence-electron chi connectivity index (χ0n) is 10.7. The molecule has 1 aliphatic rings. The second kappa shape index (κ2) is 5.66. The van der Waals surface area contributed by atoms with Crippen molar-refractivity contribution in [3.05, 3.63) is 28.2 Å². The standard InChI is InChI=1S/C14H18BrNOS/c1-9(2)12-6-11(15)3-4-13(12)16-7-10(8-18)5-14(16)17/h3-4,6,9-10,18H,5,7-8H2,1-2H3. The lowest BCUT2D eigenvalue weighted by molar-refractivity contribution is -0.117. The van der Waals surface area contributed by atoms with Crippen LogP contribution in [0.3, 0.4) is 0 Å². The van der Waals surface area contributed by atoms with E-state index in [1.54, 1.807) is 0 Å². The first-order valence-electron chi connectivity index (χ1n) is 6.23. The summed E-state index contributed by atoms with van der Waals surface area (Å²) >= 11 is 7.80. The zero-order valence-corrected chi connectivity index (χ0v) is 13.2. The Morgan fingerprint density at radius 2 is 2.22 bits per heavy atom. The van der Waals surface area contributed by atoms with Gasteiger partial charge in [-0.2, -0.15) is 12.6 Å². The Bertz CT molecular complexity index is 461. The average Bonchev–Trinajstić information content (AvgIpc) is 2.70.